The van der Waals surface area contributed by atoms with Gasteiger partial charge in [-0.05, 0) is 24.1 Å². The van der Waals surface area contributed by atoms with Gasteiger partial charge in [-0.15, -0.1) is 0 Å². The van der Waals surface area contributed by atoms with Crippen molar-refractivity contribution in [3.05, 3.63) is 29.6 Å². The molecule has 1 heterocycles. The first-order chi connectivity index (χ1) is 8.16. The summed E-state index contributed by atoms with van der Waals surface area (Å²) in [5.41, 5.74) is 1.05. The lowest BCUT2D eigenvalue weighted by Gasteiger charge is -2.03. The van der Waals surface area contributed by atoms with Crippen LogP contribution in [0.2, 0.25) is 0 Å². The maximum atomic E-state index is 10.6. The SMILES string of the molecule is O=S(=O)(O)CCc1ccnc(CCS(=O)(=O)O)c1. The van der Waals surface area contributed by atoms with Crippen LogP contribution in [-0.4, -0.2) is 42.4 Å². The van der Waals surface area contributed by atoms with E-state index in [1.807, 2.05) is 0 Å². The Kier molecular flexibility index (Phi) is 4.79. The van der Waals surface area contributed by atoms with Gasteiger partial charge in [-0.2, -0.15) is 16.8 Å². The molecule has 0 bridgehead atoms. The van der Waals surface area contributed by atoms with E-state index >= 15 is 0 Å². The molecule has 0 amide bonds. The Labute approximate surface area is 105 Å². The molecule has 1 aromatic rings. The van der Waals surface area contributed by atoms with Crippen LogP contribution in [0.5, 0.6) is 0 Å². The summed E-state index contributed by atoms with van der Waals surface area (Å²) in [6.45, 7) is 0. The van der Waals surface area contributed by atoms with Crippen molar-refractivity contribution in [2.45, 2.75) is 12.8 Å². The van der Waals surface area contributed by atoms with Gasteiger partial charge in [0.1, 0.15) is 0 Å². The van der Waals surface area contributed by atoms with Gasteiger partial charge in [0.15, 0.2) is 0 Å². The van der Waals surface area contributed by atoms with E-state index in [-0.39, 0.29) is 12.8 Å². The molecule has 1 rings (SSSR count). The summed E-state index contributed by atoms with van der Waals surface area (Å²) in [6, 6.07) is 3.11. The predicted molar refractivity (Wildman–Crippen MR) is 64.5 cm³/mol. The van der Waals surface area contributed by atoms with E-state index in [4.69, 9.17) is 9.11 Å². The molecular weight excluding hydrogens is 282 g/mol. The molecule has 1 aromatic heterocycles. The fourth-order valence-electron chi connectivity index (χ4n) is 1.30. The van der Waals surface area contributed by atoms with Crippen molar-refractivity contribution in [1.82, 2.24) is 4.98 Å². The fourth-order valence-corrected chi connectivity index (χ4v) is 2.26. The van der Waals surface area contributed by atoms with Gasteiger partial charge in [0.25, 0.3) is 20.2 Å². The highest BCUT2D eigenvalue weighted by atomic mass is 32.2. The van der Waals surface area contributed by atoms with Crippen LogP contribution < -0.4 is 0 Å². The topological polar surface area (TPSA) is 122 Å². The standard InChI is InChI=1S/C9H13NO6S2/c11-17(12,13)5-2-8-1-4-10-9(7-8)3-6-18(14,15)16/h1,4,7H,2-3,5-6H2,(H,11,12,13)(H,14,15,16). The van der Waals surface area contributed by atoms with Crippen LogP contribution in [0, 0.1) is 0 Å². The van der Waals surface area contributed by atoms with Crippen LogP contribution in [0.3, 0.4) is 0 Å². The lowest BCUT2D eigenvalue weighted by atomic mass is 10.1. The zero-order valence-corrected chi connectivity index (χ0v) is 11.0. The lowest BCUT2D eigenvalue weighted by Crippen LogP contribution is -2.09. The van der Waals surface area contributed by atoms with Crippen LogP contribution >= 0.6 is 0 Å². The monoisotopic (exact) mass is 295 g/mol. The highest BCUT2D eigenvalue weighted by Crippen LogP contribution is 2.05. The molecule has 0 aliphatic carbocycles. The van der Waals surface area contributed by atoms with Crippen molar-refractivity contribution in [3.8, 4) is 0 Å². The first kappa shape index (κ1) is 15.0. The van der Waals surface area contributed by atoms with Crippen LogP contribution in [0.4, 0.5) is 0 Å². The maximum Gasteiger partial charge on any atom is 0.265 e. The molecule has 0 aliphatic heterocycles. The molecule has 0 aliphatic rings. The third-order valence-electron chi connectivity index (χ3n) is 2.15. The number of nitrogens with zero attached hydrogens (tertiary/aromatic N) is 1. The molecule has 0 saturated heterocycles. The number of aromatic nitrogens is 1. The van der Waals surface area contributed by atoms with Gasteiger partial charge in [0.2, 0.25) is 0 Å². The Balaban J connectivity index is 2.68. The molecule has 0 atom stereocenters. The normalized spacial score (nSPS) is 12.6. The molecule has 0 saturated carbocycles. The zero-order chi connectivity index (χ0) is 13.8. The van der Waals surface area contributed by atoms with Crippen LogP contribution in [0.25, 0.3) is 0 Å². The van der Waals surface area contributed by atoms with Gasteiger partial charge in [-0.3, -0.25) is 14.1 Å². The number of rotatable bonds is 6. The summed E-state index contributed by atoms with van der Waals surface area (Å²) >= 11 is 0. The summed E-state index contributed by atoms with van der Waals surface area (Å²) in [6.07, 6.45) is 1.57. The second-order valence-corrected chi connectivity index (χ2v) is 6.87. The van der Waals surface area contributed by atoms with Gasteiger partial charge >= 0.3 is 0 Å². The molecule has 2 N–H and O–H groups in total. The molecule has 0 unspecified atom stereocenters. The van der Waals surface area contributed by atoms with E-state index in [9.17, 15) is 16.8 Å². The van der Waals surface area contributed by atoms with Gasteiger partial charge in [-0.25, -0.2) is 0 Å². The van der Waals surface area contributed by atoms with Crippen molar-refractivity contribution < 1.29 is 25.9 Å². The number of pyridine rings is 1. The van der Waals surface area contributed by atoms with Crippen molar-refractivity contribution in [3.63, 3.8) is 0 Å². The maximum absolute atomic E-state index is 10.6. The first-order valence-corrected chi connectivity index (χ1v) is 8.22. The molecule has 0 radical (unpaired) electrons. The predicted octanol–water partition coefficient (Wildman–Crippen LogP) is -0.0578. The molecular formula is C9H13NO6S2. The van der Waals surface area contributed by atoms with E-state index in [2.05, 4.69) is 4.98 Å². The van der Waals surface area contributed by atoms with E-state index in [0.717, 1.165) is 0 Å². The third kappa shape index (κ3) is 6.64. The van der Waals surface area contributed by atoms with E-state index in [0.29, 0.717) is 11.3 Å². The largest absolute Gasteiger partial charge is 0.286 e. The number of aryl methyl sites for hydroxylation is 2. The summed E-state index contributed by atoms with van der Waals surface area (Å²) in [7, 11) is -8.07. The molecule has 0 spiro atoms. The van der Waals surface area contributed by atoms with Crippen LogP contribution in [0.15, 0.2) is 18.3 Å². The summed E-state index contributed by atoms with van der Waals surface area (Å²) in [5, 5.41) is 0. The van der Waals surface area contributed by atoms with E-state index in [1.54, 1.807) is 6.07 Å². The average molecular weight is 295 g/mol. The Morgan fingerprint density at radius 1 is 1.00 bits per heavy atom. The highest BCUT2D eigenvalue weighted by molar-refractivity contribution is 7.86. The van der Waals surface area contributed by atoms with Gasteiger partial charge < -0.3 is 0 Å². The quantitative estimate of drug-likeness (QED) is 0.705. The minimum Gasteiger partial charge on any atom is -0.286 e. The molecule has 18 heavy (non-hydrogen) atoms. The van der Waals surface area contributed by atoms with Crippen LogP contribution in [0.1, 0.15) is 11.3 Å². The summed E-state index contributed by atoms with van der Waals surface area (Å²) < 4.78 is 59.5. The number of hydrogen-bond acceptors (Lipinski definition) is 5. The van der Waals surface area contributed by atoms with E-state index in [1.165, 1.54) is 12.3 Å². The molecule has 0 fully saturated rings. The van der Waals surface area contributed by atoms with Crippen molar-refractivity contribution >= 4 is 20.2 Å². The van der Waals surface area contributed by atoms with Crippen molar-refractivity contribution in [2.24, 2.45) is 0 Å². The fraction of sp³-hybridized carbons (Fsp3) is 0.444. The smallest absolute Gasteiger partial charge is 0.265 e. The third-order valence-corrected chi connectivity index (χ3v) is 3.59. The second kappa shape index (κ2) is 5.74. The summed E-state index contributed by atoms with van der Waals surface area (Å²) in [5.74, 6) is -0.851. The minimum atomic E-state index is -4.05. The van der Waals surface area contributed by atoms with Gasteiger partial charge in [0.05, 0.1) is 11.5 Å². The van der Waals surface area contributed by atoms with Crippen molar-refractivity contribution in [1.29, 1.82) is 0 Å². The molecule has 102 valence electrons. The average Bonchev–Trinajstić information content (AvgIpc) is 2.22. The Morgan fingerprint density at radius 2 is 1.56 bits per heavy atom. The summed E-state index contributed by atoms with van der Waals surface area (Å²) in [4.78, 5) is 3.90. The number of hydrogen-bond donors (Lipinski definition) is 2. The molecule has 7 nitrogen and oxygen atoms in total. The van der Waals surface area contributed by atoms with E-state index < -0.39 is 31.7 Å². The second-order valence-electron chi connectivity index (χ2n) is 3.73. The van der Waals surface area contributed by atoms with Gasteiger partial charge in [-0.1, -0.05) is 0 Å². The first-order valence-electron chi connectivity index (χ1n) is 5.00. The Morgan fingerprint density at radius 3 is 2.11 bits per heavy atom. The molecule has 9 heteroatoms. The van der Waals surface area contributed by atoms with Crippen molar-refractivity contribution in [2.75, 3.05) is 11.5 Å². The minimum absolute atomic E-state index is 0.0402. The van der Waals surface area contributed by atoms with Gasteiger partial charge in [0, 0.05) is 18.3 Å². The zero-order valence-electron chi connectivity index (χ0n) is 9.35. The lowest BCUT2D eigenvalue weighted by molar-refractivity contribution is 0.480. The Bertz CT molecular complexity index is 556. The molecule has 0 aromatic carbocycles. The Hall–Kier alpha value is -1.03. The highest BCUT2D eigenvalue weighted by Gasteiger charge is 2.08. The van der Waals surface area contributed by atoms with Crippen LogP contribution in [-0.2, 0) is 33.1 Å².